The minimum atomic E-state index is -1.14. The van der Waals surface area contributed by atoms with Crippen LogP contribution < -0.4 is 0 Å². The molecule has 0 N–H and O–H groups in total. The van der Waals surface area contributed by atoms with Gasteiger partial charge in [0.05, 0.1) is 21.3 Å². The van der Waals surface area contributed by atoms with Crippen LogP contribution in [0.1, 0.15) is 0 Å². The van der Waals surface area contributed by atoms with E-state index < -0.39 is 29.1 Å². The fourth-order valence-electron chi connectivity index (χ4n) is 0.797. The Bertz CT molecular complexity index is 371. The van der Waals surface area contributed by atoms with Gasteiger partial charge in [0.1, 0.15) is 6.07 Å². The number of rotatable bonds is 3. The van der Waals surface area contributed by atoms with Crippen molar-refractivity contribution in [3.05, 3.63) is 11.1 Å². The molecule has 0 heterocycles. The Balaban J connectivity index is 5.69. The number of ether oxygens (including phenoxy) is 3. The van der Waals surface area contributed by atoms with Crippen LogP contribution in [0.3, 0.4) is 0 Å². The summed E-state index contributed by atoms with van der Waals surface area (Å²) < 4.78 is 12.8. The summed E-state index contributed by atoms with van der Waals surface area (Å²) in [5.41, 5.74) is -1.56. The zero-order chi connectivity index (χ0) is 12.7. The lowest BCUT2D eigenvalue weighted by atomic mass is 10.1. The van der Waals surface area contributed by atoms with E-state index >= 15 is 0 Å². The summed E-state index contributed by atoms with van der Waals surface area (Å²) >= 11 is 0. The van der Waals surface area contributed by atoms with Gasteiger partial charge in [0, 0.05) is 0 Å². The molecule has 0 aromatic rings. The van der Waals surface area contributed by atoms with E-state index in [0.717, 1.165) is 21.3 Å². The fraction of sp³-hybridized carbons (Fsp3) is 0.333. The van der Waals surface area contributed by atoms with Gasteiger partial charge in [0.2, 0.25) is 0 Å². The highest BCUT2D eigenvalue weighted by molar-refractivity contribution is 6.20. The molecule has 16 heavy (non-hydrogen) atoms. The molecule has 0 aliphatic carbocycles. The minimum Gasteiger partial charge on any atom is -0.465 e. The van der Waals surface area contributed by atoms with Crippen molar-refractivity contribution in [2.24, 2.45) is 0 Å². The molecule has 7 heteroatoms. The largest absolute Gasteiger partial charge is 0.465 e. The highest BCUT2D eigenvalue weighted by atomic mass is 16.5. The third-order valence-corrected chi connectivity index (χ3v) is 1.53. The standard InChI is InChI=1S/C9H9NO6/c1-14-7(11)5(4-10)6(8(12)15-2)9(13)16-3/h1-3H3. The second-order valence-corrected chi connectivity index (χ2v) is 2.34. The number of nitrogens with zero attached hydrogens (tertiary/aromatic N) is 1. The van der Waals surface area contributed by atoms with Crippen LogP contribution in [0, 0.1) is 11.3 Å². The molecule has 86 valence electrons. The molecule has 0 aliphatic rings. The van der Waals surface area contributed by atoms with Gasteiger partial charge in [-0.15, -0.1) is 0 Å². The van der Waals surface area contributed by atoms with E-state index in [1.807, 2.05) is 0 Å². The molecule has 0 bridgehead atoms. The maximum absolute atomic E-state index is 11.2. The first-order chi connectivity index (χ1) is 7.53. The quantitative estimate of drug-likeness (QED) is 0.157. The van der Waals surface area contributed by atoms with Gasteiger partial charge < -0.3 is 14.2 Å². The van der Waals surface area contributed by atoms with Crippen LogP contribution in [-0.4, -0.2) is 39.2 Å². The minimum absolute atomic E-state index is 0.763. The van der Waals surface area contributed by atoms with Gasteiger partial charge in [0.25, 0.3) is 0 Å². The van der Waals surface area contributed by atoms with E-state index in [4.69, 9.17) is 5.26 Å². The molecule has 0 aromatic carbocycles. The molecule has 0 fully saturated rings. The summed E-state index contributed by atoms with van der Waals surface area (Å²) in [6.45, 7) is 0. The Morgan fingerprint density at radius 3 is 1.50 bits per heavy atom. The SMILES string of the molecule is COC(=O)C(C#N)=C(C(=O)OC)C(=O)OC. The third kappa shape index (κ3) is 2.81. The smallest absolute Gasteiger partial charge is 0.349 e. The van der Waals surface area contributed by atoms with Crippen molar-refractivity contribution in [3.8, 4) is 6.07 Å². The van der Waals surface area contributed by atoms with Crippen molar-refractivity contribution in [1.29, 1.82) is 5.26 Å². The number of methoxy groups -OCH3 is 3. The number of hydrogen-bond donors (Lipinski definition) is 0. The fourth-order valence-corrected chi connectivity index (χ4v) is 0.797. The Labute approximate surface area is 91.2 Å². The lowest BCUT2D eigenvalue weighted by Gasteiger charge is -2.05. The van der Waals surface area contributed by atoms with Gasteiger partial charge in [-0.25, -0.2) is 14.4 Å². The molecule has 0 aromatic heterocycles. The zero-order valence-corrected chi connectivity index (χ0v) is 8.90. The van der Waals surface area contributed by atoms with Crippen LogP contribution in [0.5, 0.6) is 0 Å². The summed E-state index contributed by atoms with van der Waals surface area (Å²) in [6, 6.07) is 1.39. The molecule has 0 rings (SSSR count). The maximum Gasteiger partial charge on any atom is 0.349 e. The van der Waals surface area contributed by atoms with Gasteiger partial charge in [-0.2, -0.15) is 5.26 Å². The van der Waals surface area contributed by atoms with Crippen LogP contribution in [0.2, 0.25) is 0 Å². The second-order valence-electron chi connectivity index (χ2n) is 2.34. The lowest BCUT2D eigenvalue weighted by molar-refractivity contribution is -0.145. The first-order valence-electron chi connectivity index (χ1n) is 3.92. The number of nitriles is 1. The number of carbonyl (C=O) groups is 3. The molecule has 0 aliphatic heterocycles. The molecule has 0 unspecified atom stereocenters. The predicted molar refractivity (Wildman–Crippen MR) is 48.7 cm³/mol. The van der Waals surface area contributed by atoms with Gasteiger partial charge in [-0.3, -0.25) is 0 Å². The maximum atomic E-state index is 11.2. The van der Waals surface area contributed by atoms with Crippen molar-refractivity contribution in [2.45, 2.75) is 0 Å². The number of hydrogen-bond acceptors (Lipinski definition) is 7. The molecule has 0 saturated heterocycles. The normalized spacial score (nSPS) is 8.38. The number of carbonyl (C=O) groups excluding carboxylic acids is 3. The molecular weight excluding hydrogens is 218 g/mol. The first kappa shape index (κ1) is 13.6. The van der Waals surface area contributed by atoms with Gasteiger partial charge in [0.15, 0.2) is 11.1 Å². The van der Waals surface area contributed by atoms with Crippen LogP contribution in [0.25, 0.3) is 0 Å². The van der Waals surface area contributed by atoms with Crippen molar-refractivity contribution >= 4 is 17.9 Å². The van der Waals surface area contributed by atoms with Crippen LogP contribution in [-0.2, 0) is 28.6 Å². The van der Waals surface area contributed by atoms with Crippen LogP contribution >= 0.6 is 0 Å². The van der Waals surface area contributed by atoms with Crippen molar-refractivity contribution in [2.75, 3.05) is 21.3 Å². The van der Waals surface area contributed by atoms with E-state index in [1.54, 1.807) is 0 Å². The molecule has 0 spiro atoms. The van der Waals surface area contributed by atoms with Gasteiger partial charge in [-0.05, 0) is 0 Å². The van der Waals surface area contributed by atoms with E-state index in [-0.39, 0.29) is 0 Å². The zero-order valence-electron chi connectivity index (χ0n) is 8.90. The van der Waals surface area contributed by atoms with Crippen LogP contribution in [0.4, 0.5) is 0 Å². The van der Waals surface area contributed by atoms with Crippen molar-refractivity contribution in [1.82, 2.24) is 0 Å². The highest BCUT2D eigenvalue weighted by Gasteiger charge is 2.29. The Morgan fingerprint density at radius 1 is 0.875 bits per heavy atom. The van der Waals surface area contributed by atoms with Crippen LogP contribution in [0.15, 0.2) is 11.1 Å². The van der Waals surface area contributed by atoms with Crippen molar-refractivity contribution in [3.63, 3.8) is 0 Å². The highest BCUT2D eigenvalue weighted by Crippen LogP contribution is 2.09. The topological polar surface area (TPSA) is 103 Å². The third-order valence-electron chi connectivity index (χ3n) is 1.53. The molecular formula is C9H9NO6. The molecule has 0 amide bonds. The Hall–Kier alpha value is -2.36. The second kappa shape index (κ2) is 6.19. The summed E-state index contributed by atoms with van der Waals surface area (Å²) in [5.74, 6) is -3.41. The number of esters is 3. The summed E-state index contributed by atoms with van der Waals surface area (Å²) in [7, 11) is 3.00. The molecule has 7 nitrogen and oxygen atoms in total. The average molecular weight is 227 g/mol. The Kier molecular flexibility index (Phi) is 5.27. The summed E-state index contributed by atoms with van der Waals surface area (Å²) in [4.78, 5) is 33.5. The van der Waals surface area contributed by atoms with Gasteiger partial charge >= 0.3 is 17.9 Å². The lowest BCUT2D eigenvalue weighted by Crippen LogP contribution is -2.21. The molecule has 0 atom stereocenters. The summed E-state index contributed by atoms with van der Waals surface area (Å²) in [5, 5.41) is 8.66. The summed E-state index contributed by atoms with van der Waals surface area (Å²) in [6.07, 6.45) is 0. The predicted octanol–water partition coefficient (Wildman–Crippen LogP) is -0.674. The Morgan fingerprint density at radius 2 is 1.25 bits per heavy atom. The van der Waals surface area contributed by atoms with Gasteiger partial charge in [-0.1, -0.05) is 0 Å². The molecule has 0 radical (unpaired) electrons. The monoisotopic (exact) mass is 227 g/mol. The van der Waals surface area contributed by atoms with E-state index in [1.165, 1.54) is 6.07 Å². The van der Waals surface area contributed by atoms with E-state index in [2.05, 4.69) is 14.2 Å². The first-order valence-corrected chi connectivity index (χ1v) is 3.92. The average Bonchev–Trinajstić information content (AvgIpc) is 2.32. The van der Waals surface area contributed by atoms with Crippen molar-refractivity contribution < 1.29 is 28.6 Å². The van der Waals surface area contributed by atoms with E-state index in [9.17, 15) is 14.4 Å². The molecule has 0 saturated carbocycles. The van der Waals surface area contributed by atoms with E-state index in [0.29, 0.717) is 0 Å².